The Bertz CT molecular complexity index is 1400. The first-order valence-corrected chi connectivity index (χ1v) is 10.6. The van der Waals surface area contributed by atoms with Crippen LogP contribution in [-0.4, -0.2) is 22.4 Å². The van der Waals surface area contributed by atoms with Crippen LogP contribution in [0.4, 0.5) is 0 Å². The van der Waals surface area contributed by atoms with Gasteiger partial charge in [-0.25, -0.2) is 0 Å². The summed E-state index contributed by atoms with van der Waals surface area (Å²) in [5.74, 6) is -0.239. The number of aromatic nitrogens is 2. The highest BCUT2D eigenvalue weighted by Gasteiger charge is 2.21. The van der Waals surface area contributed by atoms with Gasteiger partial charge in [-0.15, -0.1) is 11.3 Å². The molecule has 3 N–H and O–H groups in total. The molecule has 5 rings (SSSR count). The van der Waals surface area contributed by atoms with E-state index in [0.717, 1.165) is 21.9 Å². The molecule has 5 nitrogen and oxygen atoms in total. The van der Waals surface area contributed by atoms with Crippen LogP contribution in [0.3, 0.4) is 0 Å². The molecule has 0 bridgehead atoms. The van der Waals surface area contributed by atoms with E-state index in [1.165, 1.54) is 10.9 Å². The van der Waals surface area contributed by atoms with Gasteiger partial charge in [0.05, 0.1) is 5.56 Å². The quantitative estimate of drug-likeness (QED) is 0.393. The lowest BCUT2D eigenvalue weighted by atomic mass is 9.96. The molecule has 30 heavy (non-hydrogen) atoms. The SMILES string of the molecule is O=C(NCC(c1cccs1)c1c[nH]c2ccccc12)c1cc(=O)[nH]c2ccccc12. The van der Waals surface area contributed by atoms with Crippen molar-refractivity contribution in [3.8, 4) is 0 Å². The van der Waals surface area contributed by atoms with Gasteiger partial charge in [-0.2, -0.15) is 0 Å². The fourth-order valence-corrected chi connectivity index (χ4v) is 4.76. The number of para-hydroxylation sites is 2. The van der Waals surface area contributed by atoms with E-state index in [2.05, 4.69) is 27.4 Å². The van der Waals surface area contributed by atoms with Crippen LogP contribution in [0.5, 0.6) is 0 Å². The normalized spacial score (nSPS) is 12.3. The summed E-state index contributed by atoms with van der Waals surface area (Å²) >= 11 is 1.67. The number of thiophene rings is 1. The van der Waals surface area contributed by atoms with E-state index in [1.54, 1.807) is 17.4 Å². The molecular formula is C24H19N3O2S. The zero-order valence-corrected chi connectivity index (χ0v) is 16.8. The number of amides is 1. The number of aromatic amines is 2. The van der Waals surface area contributed by atoms with Crippen molar-refractivity contribution in [1.29, 1.82) is 0 Å². The smallest absolute Gasteiger partial charge is 0.252 e. The molecule has 148 valence electrons. The maximum absolute atomic E-state index is 13.0. The largest absolute Gasteiger partial charge is 0.361 e. The minimum Gasteiger partial charge on any atom is -0.361 e. The summed E-state index contributed by atoms with van der Waals surface area (Å²) < 4.78 is 0. The molecule has 3 heterocycles. The molecule has 0 saturated heterocycles. The molecule has 3 aromatic heterocycles. The third-order valence-corrected chi connectivity index (χ3v) is 6.33. The third kappa shape index (κ3) is 3.31. The van der Waals surface area contributed by atoms with Gasteiger partial charge in [-0.05, 0) is 29.1 Å². The van der Waals surface area contributed by atoms with Gasteiger partial charge in [0.1, 0.15) is 0 Å². The number of nitrogens with one attached hydrogen (secondary N) is 3. The summed E-state index contributed by atoms with van der Waals surface area (Å²) in [6.07, 6.45) is 2.02. The number of fused-ring (bicyclic) bond motifs is 2. The van der Waals surface area contributed by atoms with E-state index >= 15 is 0 Å². The van der Waals surface area contributed by atoms with Gasteiger partial charge >= 0.3 is 0 Å². The monoisotopic (exact) mass is 413 g/mol. The number of carbonyl (C=O) groups is 1. The van der Waals surface area contributed by atoms with Gasteiger partial charge in [0.15, 0.2) is 0 Å². The van der Waals surface area contributed by atoms with Crippen LogP contribution in [0.15, 0.2) is 83.1 Å². The van der Waals surface area contributed by atoms with Gasteiger partial charge in [0.2, 0.25) is 5.56 Å². The molecule has 2 aromatic carbocycles. The van der Waals surface area contributed by atoms with Crippen LogP contribution in [0.25, 0.3) is 21.8 Å². The zero-order chi connectivity index (χ0) is 20.5. The highest BCUT2D eigenvalue weighted by Crippen LogP contribution is 2.33. The summed E-state index contributed by atoms with van der Waals surface area (Å²) in [6, 6.07) is 21.0. The van der Waals surface area contributed by atoms with Gasteiger partial charge in [0.25, 0.3) is 5.91 Å². The van der Waals surface area contributed by atoms with E-state index in [-0.39, 0.29) is 17.4 Å². The molecule has 0 aliphatic heterocycles. The second-order valence-corrected chi connectivity index (χ2v) is 8.14. The summed E-state index contributed by atoms with van der Waals surface area (Å²) in [7, 11) is 0. The van der Waals surface area contributed by atoms with E-state index in [9.17, 15) is 9.59 Å². The highest BCUT2D eigenvalue weighted by molar-refractivity contribution is 7.10. The summed E-state index contributed by atoms with van der Waals surface area (Å²) in [6.45, 7) is 0.433. The lowest BCUT2D eigenvalue weighted by Gasteiger charge is -2.17. The Kier molecular flexibility index (Phi) is 4.69. The van der Waals surface area contributed by atoms with Crippen LogP contribution in [0.1, 0.15) is 26.7 Å². The Morgan fingerprint density at radius 3 is 2.53 bits per heavy atom. The van der Waals surface area contributed by atoms with Crippen molar-refractivity contribution < 1.29 is 4.79 Å². The average Bonchev–Trinajstić information content (AvgIpc) is 3.44. The second kappa shape index (κ2) is 7.65. The first-order valence-electron chi connectivity index (χ1n) is 9.70. The fraction of sp³-hybridized carbons (Fsp3) is 0.0833. The van der Waals surface area contributed by atoms with Crippen LogP contribution in [0.2, 0.25) is 0 Å². The molecule has 0 aliphatic rings. The third-order valence-electron chi connectivity index (χ3n) is 5.35. The maximum Gasteiger partial charge on any atom is 0.252 e. The molecule has 0 aliphatic carbocycles. The Morgan fingerprint density at radius 1 is 0.967 bits per heavy atom. The number of benzene rings is 2. The number of pyridine rings is 1. The van der Waals surface area contributed by atoms with E-state index in [1.807, 2.05) is 54.0 Å². The van der Waals surface area contributed by atoms with Gasteiger partial charge in [-0.3, -0.25) is 9.59 Å². The molecule has 5 aromatic rings. The lowest BCUT2D eigenvalue weighted by molar-refractivity contribution is 0.0954. The minimum absolute atomic E-state index is 0.0124. The Labute approximate surface area is 176 Å². The molecule has 1 atom stereocenters. The Morgan fingerprint density at radius 2 is 1.73 bits per heavy atom. The minimum atomic E-state index is -0.287. The first-order chi connectivity index (χ1) is 14.7. The number of hydrogen-bond acceptors (Lipinski definition) is 3. The van der Waals surface area contributed by atoms with Crippen molar-refractivity contribution in [3.05, 3.63) is 105 Å². The molecule has 1 unspecified atom stereocenters. The maximum atomic E-state index is 13.0. The lowest BCUT2D eigenvalue weighted by Crippen LogP contribution is -2.29. The van der Waals surface area contributed by atoms with Crippen molar-refractivity contribution in [2.24, 2.45) is 0 Å². The standard InChI is InChI=1S/C24H19N3O2S/c28-23-12-17(15-6-2-4-9-21(15)27-23)24(29)26-14-19(22-10-5-11-30-22)18-13-25-20-8-3-1-7-16(18)20/h1-13,19,25H,14H2,(H,26,29)(H,27,28). The summed E-state index contributed by atoms with van der Waals surface area (Å²) in [4.78, 5) is 32.4. The van der Waals surface area contributed by atoms with Crippen LogP contribution >= 0.6 is 11.3 Å². The molecule has 0 saturated carbocycles. The van der Waals surface area contributed by atoms with Gasteiger partial charge < -0.3 is 15.3 Å². The van der Waals surface area contributed by atoms with E-state index < -0.39 is 0 Å². The Balaban J connectivity index is 1.49. The van der Waals surface area contributed by atoms with Crippen molar-refractivity contribution >= 4 is 39.0 Å². The van der Waals surface area contributed by atoms with Crippen LogP contribution in [-0.2, 0) is 0 Å². The average molecular weight is 414 g/mol. The topological polar surface area (TPSA) is 77.8 Å². The molecule has 1 amide bonds. The molecular weight excluding hydrogens is 394 g/mol. The van der Waals surface area contributed by atoms with Crippen molar-refractivity contribution in [2.75, 3.05) is 6.54 Å². The van der Waals surface area contributed by atoms with Gasteiger partial charge in [-0.1, -0.05) is 42.5 Å². The Hall–Kier alpha value is -3.64. The fourth-order valence-electron chi connectivity index (χ4n) is 3.92. The van der Waals surface area contributed by atoms with Crippen LogP contribution < -0.4 is 10.9 Å². The molecule has 0 fully saturated rings. The van der Waals surface area contributed by atoms with Crippen molar-refractivity contribution in [1.82, 2.24) is 15.3 Å². The summed E-state index contributed by atoms with van der Waals surface area (Å²) in [5, 5.41) is 6.98. The zero-order valence-electron chi connectivity index (χ0n) is 16.0. The predicted molar refractivity (Wildman–Crippen MR) is 121 cm³/mol. The second-order valence-electron chi connectivity index (χ2n) is 7.16. The molecule has 0 radical (unpaired) electrons. The van der Waals surface area contributed by atoms with Crippen molar-refractivity contribution in [3.63, 3.8) is 0 Å². The van der Waals surface area contributed by atoms with Crippen molar-refractivity contribution in [2.45, 2.75) is 5.92 Å². The van der Waals surface area contributed by atoms with Gasteiger partial charge in [0, 0.05) is 51.4 Å². The van der Waals surface area contributed by atoms with E-state index in [0.29, 0.717) is 17.6 Å². The molecule has 6 heteroatoms. The predicted octanol–water partition coefficient (Wildman–Crippen LogP) is 4.63. The summed E-state index contributed by atoms with van der Waals surface area (Å²) in [5.41, 5.74) is 2.97. The first kappa shape index (κ1) is 18.4. The highest BCUT2D eigenvalue weighted by atomic mass is 32.1. The number of hydrogen-bond donors (Lipinski definition) is 3. The van der Waals surface area contributed by atoms with E-state index in [4.69, 9.17) is 0 Å². The number of H-pyrrole nitrogens is 2. The number of rotatable bonds is 5. The molecule has 0 spiro atoms. The number of carbonyl (C=O) groups excluding carboxylic acids is 1. The van der Waals surface area contributed by atoms with Crippen LogP contribution in [0, 0.1) is 0 Å².